The molecule has 0 saturated heterocycles. The predicted octanol–water partition coefficient (Wildman–Crippen LogP) is 2.89. The number of carbonyl (C=O) groups is 1. The van der Waals surface area contributed by atoms with E-state index in [0.29, 0.717) is 5.69 Å². The highest BCUT2D eigenvalue weighted by molar-refractivity contribution is 5.93. The van der Waals surface area contributed by atoms with Crippen LogP contribution in [0.4, 0.5) is 0 Å². The molecule has 0 radical (unpaired) electrons. The average molecular weight is 412 g/mol. The Morgan fingerprint density at radius 1 is 1.27 bits per heavy atom. The van der Waals surface area contributed by atoms with E-state index in [4.69, 9.17) is 4.74 Å². The predicted molar refractivity (Wildman–Crippen MR) is 116 cm³/mol. The van der Waals surface area contributed by atoms with Crippen molar-refractivity contribution in [2.75, 3.05) is 26.8 Å². The molecule has 30 heavy (non-hydrogen) atoms. The first-order chi connectivity index (χ1) is 14.6. The molecule has 7 heteroatoms. The van der Waals surface area contributed by atoms with E-state index in [9.17, 15) is 4.79 Å². The van der Waals surface area contributed by atoms with Crippen LogP contribution in [0, 0.1) is 12.8 Å². The summed E-state index contributed by atoms with van der Waals surface area (Å²) in [4.78, 5) is 15.3. The van der Waals surface area contributed by atoms with Crippen molar-refractivity contribution in [2.45, 2.75) is 58.5 Å². The second-order valence-corrected chi connectivity index (χ2v) is 8.80. The number of fused-ring (bicyclic) bond motifs is 1. The highest BCUT2D eigenvalue weighted by Crippen LogP contribution is 2.27. The van der Waals surface area contributed by atoms with E-state index in [0.717, 1.165) is 62.8 Å². The quantitative estimate of drug-likeness (QED) is 0.791. The Morgan fingerprint density at radius 2 is 2.07 bits per heavy atom. The van der Waals surface area contributed by atoms with E-state index in [-0.39, 0.29) is 11.9 Å². The maximum Gasteiger partial charge on any atom is 0.273 e. The number of hydrogen-bond donors (Lipinski definition) is 1. The number of amides is 1. The van der Waals surface area contributed by atoms with E-state index in [1.165, 1.54) is 24.0 Å². The zero-order valence-corrected chi connectivity index (χ0v) is 18.4. The number of nitrogens with zero attached hydrogens (tertiary/aromatic N) is 4. The molecule has 1 saturated carbocycles. The third kappa shape index (κ3) is 4.42. The van der Waals surface area contributed by atoms with Gasteiger partial charge in [0.15, 0.2) is 5.69 Å². The Morgan fingerprint density at radius 3 is 2.83 bits per heavy atom. The van der Waals surface area contributed by atoms with Crippen molar-refractivity contribution in [2.24, 2.45) is 5.92 Å². The summed E-state index contributed by atoms with van der Waals surface area (Å²) in [7, 11) is 1.74. The van der Waals surface area contributed by atoms with Crippen molar-refractivity contribution in [3.63, 3.8) is 0 Å². The molecule has 1 N–H and O–H groups in total. The van der Waals surface area contributed by atoms with Crippen LogP contribution in [-0.4, -0.2) is 58.6 Å². The number of nitrogens with one attached hydrogen (secondary N) is 1. The summed E-state index contributed by atoms with van der Waals surface area (Å²) in [5, 5.41) is 11.8. The lowest BCUT2D eigenvalue weighted by atomic mass is 9.87. The number of rotatable bonds is 6. The second kappa shape index (κ2) is 9.27. The summed E-state index contributed by atoms with van der Waals surface area (Å²) in [5.74, 6) is 0.657. The van der Waals surface area contributed by atoms with E-state index in [1.54, 1.807) is 7.11 Å². The second-order valence-electron chi connectivity index (χ2n) is 8.80. The molecule has 7 nitrogen and oxygen atoms in total. The lowest BCUT2D eigenvalue weighted by Gasteiger charge is -2.29. The molecular weight excluding hydrogens is 378 g/mol. The number of hydrogen-bond acceptors (Lipinski definition) is 5. The van der Waals surface area contributed by atoms with Gasteiger partial charge < -0.3 is 10.1 Å². The normalized spacial score (nSPS) is 22.0. The van der Waals surface area contributed by atoms with Crippen molar-refractivity contribution in [3.05, 3.63) is 40.7 Å². The van der Waals surface area contributed by atoms with Crippen LogP contribution in [0.15, 0.2) is 18.2 Å². The Labute approximate surface area is 178 Å². The van der Waals surface area contributed by atoms with Crippen molar-refractivity contribution in [1.29, 1.82) is 0 Å². The summed E-state index contributed by atoms with van der Waals surface area (Å²) in [5.41, 5.74) is 4.88. The molecule has 1 aliphatic heterocycles. The largest absolute Gasteiger partial charge is 0.383 e. The topological polar surface area (TPSA) is 72.3 Å². The average Bonchev–Trinajstić information content (AvgIpc) is 3.14. The number of ether oxygens (including phenoxy) is 1. The maximum atomic E-state index is 12.8. The fourth-order valence-electron chi connectivity index (χ4n) is 4.68. The third-order valence-electron chi connectivity index (χ3n) is 6.62. The van der Waals surface area contributed by atoms with Crippen molar-refractivity contribution < 1.29 is 9.53 Å². The van der Waals surface area contributed by atoms with Gasteiger partial charge in [-0.15, -0.1) is 5.10 Å². The Balaban J connectivity index is 1.51. The SMILES string of the molecule is COCCN1CCc2c(cccc2-n2nnc(C(=O)NC3CCC(C)CC3)c2C)C1. The fourth-order valence-corrected chi connectivity index (χ4v) is 4.68. The van der Waals surface area contributed by atoms with Gasteiger partial charge in [0.2, 0.25) is 0 Å². The van der Waals surface area contributed by atoms with Crippen molar-refractivity contribution >= 4 is 5.91 Å². The van der Waals surface area contributed by atoms with Gasteiger partial charge in [0, 0.05) is 32.8 Å². The maximum absolute atomic E-state index is 12.8. The fraction of sp³-hybridized carbons (Fsp3) is 0.609. The van der Waals surface area contributed by atoms with Gasteiger partial charge >= 0.3 is 0 Å². The minimum atomic E-state index is -0.103. The smallest absolute Gasteiger partial charge is 0.273 e. The number of benzene rings is 1. The van der Waals surface area contributed by atoms with Gasteiger partial charge in [-0.2, -0.15) is 0 Å². The minimum Gasteiger partial charge on any atom is -0.383 e. The first-order valence-corrected chi connectivity index (χ1v) is 11.1. The van der Waals surface area contributed by atoms with Crippen LogP contribution in [0.25, 0.3) is 5.69 Å². The lowest BCUT2D eigenvalue weighted by molar-refractivity contribution is 0.0917. The first kappa shape index (κ1) is 21.0. The molecule has 0 atom stereocenters. The molecular formula is C23H33N5O2. The van der Waals surface area contributed by atoms with E-state index in [1.807, 2.05) is 11.6 Å². The molecule has 1 aromatic heterocycles. The summed E-state index contributed by atoms with van der Waals surface area (Å²) in [6.45, 7) is 7.81. The molecule has 0 spiro atoms. The van der Waals surface area contributed by atoms with Crippen LogP contribution in [0.3, 0.4) is 0 Å². The van der Waals surface area contributed by atoms with Crippen molar-refractivity contribution in [3.8, 4) is 5.69 Å². The molecule has 2 aliphatic rings. The molecule has 162 valence electrons. The standard InChI is InChI=1S/C23H33N5O2/c1-16-7-9-19(10-8-16)24-23(29)22-17(2)28(26-25-22)21-6-4-5-18-15-27(13-14-30-3)12-11-20(18)21/h4-6,16,19H,7-15H2,1-3H3,(H,24,29). The highest BCUT2D eigenvalue weighted by atomic mass is 16.5. The first-order valence-electron chi connectivity index (χ1n) is 11.1. The minimum absolute atomic E-state index is 0.103. The lowest BCUT2D eigenvalue weighted by Crippen LogP contribution is -2.37. The molecule has 1 fully saturated rings. The summed E-state index contributed by atoms with van der Waals surface area (Å²) < 4.78 is 7.06. The Bertz CT molecular complexity index is 886. The molecule has 1 aliphatic carbocycles. The molecule has 2 aromatic rings. The zero-order valence-electron chi connectivity index (χ0n) is 18.4. The Kier molecular flexibility index (Phi) is 6.49. The van der Waals surface area contributed by atoms with E-state index in [2.05, 4.69) is 45.7 Å². The van der Waals surface area contributed by atoms with Gasteiger partial charge in [-0.1, -0.05) is 24.3 Å². The monoisotopic (exact) mass is 411 g/mol. The van der Waals surface area contributed by atoms with Crippen LogP contribution in [0.2, 0.25) is 0 Å². The molecule has 2 heterocycles. The van der Waals surface area contributed by atoms with E-state index >= 15 is 0 Å². The summed E-state index contributed by atoms with van der Waals surface area (Å²) in [6, 6.07) is 6.58. The molecule has 1 amide bonds. The van der Waals surface area contributed by atoms with Gasteiger partial charge in [0.05, 0.1) is 18.0 Å². The van der Waals surface area contributed by atoms with Crippen LogP contribution in [0.5, 0.6) is 0 Å². The number of aromatic nitrogens is 3. The Hall–Kier alpha value is -2.25. The van der Waals surface area contributed by atoms with E-state index < -0.39 is 0 Å². The van der Waals surface area contributed by atoms with Gasteiger partial charge in [-0.05, 0) is 62.1 Å². The van der Waals surface area contributed by atoms with Gasteiger partial charge in [-0.25, -0.2) is 4.68 Å². The summed E-state index contributed by atoms with van der Waals surface area (Å²) in [6.07, 6.45) is 5.40. The van der Waals surface area contributed by atoms with Crippen LogP contribution < -0.4 is 5.32 Å². The molecule has 0 bridgehead atoms. The number of methoxy groups -OCH3 is 1. The number of carbonyl (C=O) groups excluding carboxylic acids is 1. The van der Waals surface area contributed by atoms with Crippen LogP contribution in [-0.2, 0) is 17.7 Å². The molecule has 4 rings (SSSR count). The van der Waals surface area contributed by atoms with Crippen LogP contribution >= 0.6 is 0 Å². The van der Waals surface area contributed by atoms with Crippen molar-refractivity contribution in [1.82, 2.24) is 25.2 Å². The summed E-state index contributed by atoms with van der Waals surface area (Å²) >= 11 is 0. The van der Waals surface area contributed by atoms with Gasteiger partial charge in [0.25, 0.3) is 5.91 Å². The van der Waals surface area contributed by atoms with Crippen LogP contribution in [0.1, 0.15) is 59.9 Å². The third-order valence-corrected chi connectivity index (χ3v) is 6.62. The zero-order chi connectivity index (χ0) is 21.1. The molecule has 0 unspecified atom stereocenters. The van der Waals surface area contributed by atoms with Gasteiger partial charge in [0.1, 0.15) is 0 Å². The molecule has 1 aromatic carbocycles. The van der Waals surface area contributed by atoms with Gasteiger partial charge in [-0.3, -0.25) is 9.69 Å². The highest BCUT2D eigenvalue weighted by Gasteiger charge is 2.25.